The molecule has 0 aliphatic carbocycles. The van der Waals surface area contributed by atoms with Crippen molar-refractivity contribution >= 4 is 5.91 Å². The molecule has 0 radical (unpaired) electrons. The number of aromatic nitrogens is 1. The monoisotopic (exact) mass is 364 g/mol. The van der Waals surface area contributed by atoms with Gasteiger partial charge in [0.05, 0.1) is 11.3 Å². The van der Waals surface area contributed by atoms with Gasteiger partial charge >= 0.3 is 0 Å². The van der Waals surface area contributed by atoms with E-state index in [-0.39, 0.29) is 11.7 Å². The first-order valence-electron chi connectivity index (χ1n) is 9.34. The number of carbonyl (C=O) groups excluding carboxylic acids is 1. The summed E-state index contributed by atoms with van der Waals surface area (Å²) in [6.07, 6.45) is 1.98. The lowest BCUT2D eigenvalue weighted by molar-refractivity contribution is 0.0952. The molecule has 4 heteroatoms. The van der Waals surface area contributed by atoms with Gasteiger partial charge in [-0.1, -0.05) is 31.0 Å². The van der Waals surface area contributed by atoms with Gasteiger partial charge in [0.2, 0.25) is 0 Å². The number of carbonyl (C=O) groups is 1. The highest BCUT2D eigenvalue weighted by atomic mass is 19.1. The molecule has 3 aromatic rings. The maximum Gasteiger partial charge on any atom is 0.253 e. The van der Waals surface area contributed by atoms with Crippen molar-refractivity contribution in [1.82, 2.24) is 9.88 Å². The largest absolute Gasteiger partial charge is 0.352 e. The first-order chi connectivity index (χ1) is 13.0. The third kappa shape index (κ3) is 4.11. The van der Waals surface area contributed by atoms with E-state index in [0.717, 1.165) is 35.5 Å². The van der Waals surface area contributed by atoms with Gasteiger partial charge in [-0.15, -0.1) is 0 Å². The maximum atomic E-state index is 13.4. The molecule has 1 amide bonds. The summed E-state index contributed by atoms with van der Waals surface area (Å²) in [6.45, 7) is 6.75. The highest BCUT2D eigenvalue weighted by molar-refractivity contribution is 5.97. The zero-order chi connectivity index (χ0) is 19.4. The highest BCUT2D eigenvalue weighted by Crippen LogP contribution is 2.30. The molecule has 3 rings (SSSR count). The SMILES string of the molecule is CCCCNC(=O)c1cc(-c2ccc(F)cc2)n(-c2ccc(C)cc2)c1C. The molecule has 27 heavy (non-hydrogen) atoms. The molecule has 3 nitrogen and oxygen atoms in total. The van der Waals surface area contributed by atoms with E-state index in [1.54, 1.807) is 12.1 Å². The number of benzene rings is 2. The van der Waals surface area contributed by atoms with Gasteiger partial charge in [0.25, 0.3) is 5.91 Å². The summed E-state index contributed by atoms with van der Waals surface area (Å²) in [5.41, 5.74) is 5.40. The van der Waals surface area contributed by atoms with Gasteiger partial charge in [-0.05, 0) is 68.3 Å². The van der Waals surface area contributed by atoms with E-state index in [1.807, 2.05) is 44.2 Å². The minimum Gasteiger partial charge on any atom is -0.352 e. The van der Waals surface area contributed by atoms with E-state index in [1.165, 1.54) is 17.7 Å². The molecule has 140 valence electrons. The standard InChI is InChI=1S/C23H25FN2O/c1-4-5-14-25-23(27)21-15-22(18-8-10-19(24)11-9-18)26(17(21)3)20-12-6-16(2)7-13-20/h6-13,15H,4-5,14H2,1-3H3,(H,25,27). The average Bonchev–Trinajstić information content (AvgIpc) is 3.00. The Labute approximate surface area is 159 Å². The van der Waals surface area contributed by atoms with E-state index in [4.69, 9.17) is 0 Å². The van der Waals surface area contributed by atoms with Crippen LogP contribution in [0.15, 0.2) is 54.6 Å². The van der Waals surface area contributed by atoms with Crippen molar-refractivity contribution in [2.75, 3.05) is 6.54 Å². The van der Waals surface area contributed by atoms with Crippen molar-refractivity contribution in [3.05, 3.63) is 77.2 Å². The van der Waals surface area contributed by atoms with Crippen molar-refractivity contribution < 1.29 is 9.18 Å². The van der Waals surface area contributed by atoms with Gasteiger partial charge in [0, 0.05) is 17.9 Å². The summed E-state index contributed by atoms with van der Waals surface area (Å²) < 4.78 is 15.4. The number of hydrogen-bond donors (Lipinski definition) is 1. The van der Waals surface area contributed by atoms with Crippen LogP contribution in [0.4, 0.5) is 4.39 Å². The number of rotatable bonds is 6. The predicted molar refractivity (Wildman–Crippen MR) is 108 cm³/mol. The number of halogens is 1. The van der Waals surface area contributed by atoms with Crippen LogP contribution < -0.4 is 5.32 Å². The molecule has 0 saturated heterocycles. The second-order valence-corrected chi connectivity index (χ2v) is 6.82. The number of unbranched alkanes of at least 4 members (excludes halogenated alkanes) is 1. The Morgan fingerprint density at radius 3 is 2.33 bits per heavy atom. The van der Waals surface area contributed by atoms with Crippen LogP contribution in [0, 0.1) is 19.7 Å². The number of aryl methyl sites for hydroxylation is 1. The van der Waals surface area contributed by atoms with E-state index >= 15 is 0 Å². The van der Waals surface area contributed by atoms with Gasteiger partial charge in [-0.3, -0.25) is 4.79 Å². The molecule has 1 aromatic heterocycles. The minimum absolute atomic E-state index is 0.0739. The van der Waals surface area contributed by atoms with Crippen LogP contribution in [-0.4, -0.2) is 17.0 Å². The van der Waals surface area contributed by atoms with Crippen LogP contribution in [0.25, 0.3) is 16.9 Å². The van der Waals surface area contributed by atoms with E-state index in [2.05, 4.69) is 16.8 Å². The van der Waals surface area contributed by atoms with Gasteiger partial charge in [-0.2, -0.15) is 0 Å². The molecule has 0 saturated carbocycles. The predicted octanol–water partition coefficient (Wildman–Crippen LogP) is 5.43. The first kappa shape index (κ1) is 18.9. The zero-order valence-corrected chi connectivity index (χ0v) is 16.1. The molecule has 0 fully saturated rings. The Hall–Kier alpha value is -2.88. The molecule has 2 aromatic carbocycles. The maximum absolute atomic E-state index is 13.4. The Balaban J connectivity index is 2.09. The van der Waals surface area contributed by atoms with Crippen molar-refractivity contribution in [3.63, 3.8) is 0 Å². The van der Waals surface area contributed by atoms with Crippen LogP contribution in [-0.2, 0) is 0 Å². The second-order valence-electron chi connectivity index (χ2n) is 6.82. The first-order valence-corrected chi connectivity index (χ1v) is 9.34. The lowest BCUT2D eigenvalue weighted by atomic mass is 10.1. The Kier molecular flexibility index (Phi) is 5.75. The van der Waals surface area contributed by atoms with Gasteiger partial charge in [0.1, 0.15) is 5.82 Å². The fourth-order valence-electron chi connectivity index (χ4n) is 3.17. The number of nitrogens with one attached hydrogen (secondary N) is 1. The lowest BCUT2D eigenvalue weighted by Gasteiger charge is -2.13. The number of hydrogen-bond acceptors (Lipinski definition) is 1. The smallest absolute Gasteiger partial charge is 0.253 e. The number of amides is 1. The average molecular weight is 364 g/mol. The fraction of sp³-hybridized carbons (Fsp3) is 0.261. The number of nitrogens with zero attached hydrogens (tertiary/aromatic N) is 1. The molecular weight excluding hydrogens is 339 g/mol. The third-order valence-electron chi connectivity index (χ3n) is 4.74. The van der Waals surface area contributed by atoms with Gasteiger partial charge < -0.3 is 9.88 Å². The molecule has 0 atom stereocenters. The van der Waals surface area contributed by atoms with Crippen LogP contribution in [0.3, 0.4) is 0 Å². The summed E-state index contributed by atoms with van der Waals surface area (Å²) in [5, 5.41) is 2.99. The molecule has 1 heterocycles. The molecule has 0 spiro atoms. The summed E-state index contributed by atoms with van der Waals surface area (Å²) in [5.74, 6) is -0.350. The van der Waals surface area contributed by atoms with Gasteiger partial charge in [-0.25, -0.2) is 4.39 Å². The highest BCUT2D eigenvalue weighted by Gasteiger charge is 2.19. The van der Waals surface area contributed by atoms with Crippen molar-refractivity contribution in [2.45, 2.75) is 33.6 Å². The van der Waals surface area contributed by atoms with Crippen LogP contribution >= 0.6 is 0 Å². The second kappa shape index (κ2) is 8.21. The summed E-state index contributed by atoms with van der Waals surface area (Å²) >= 11 is 0. The summed E-state index contributed by atoms with van der Waals surface area (Å²) in [6, 6.07) is 16.4. The summed E-state index contributed by atoms with van der Waals surface area (Å²) in [4.78, 5) is 12.7. The topological polar surface area (TPSA) is 34.0 Å². The van der Waals surface area contributed by atoms with E-state index in [9.17, 15) is 9.18 Å². The summed E-state index contributed by atoms with van der Waals surface area (Å²) in [7, 11) is 0. The zero-order valence-electron chi connectivity index (χ0n) is 16.1. The lowest BCUT2D eigenvalue weighted by Crippen LogP contribution is -2.24. The Bertz CT molecular complexity index is 924. The molecule has 1 N–H and O–H groups in total. The van der Waals surface area contributed by atoms with Crippen molar-refractivity contribution in [3.8, 4) is 16.9 Å². The molecule has 0 unspecified atom stereocenters. The quantitative estimate of drug-likeness (QED) is 0.581. The molecule has 0 aliphatic heterocycles. The molecule has 0 aliphatic rings. The Morgan fingerprint density at radius 1 is 1.04 bits per heavy atom. The van der Waals surface area contributed by atoms with E-state index < -0.39 is 0 Å². The van der Waals surface area contributed by atoms with Crippen molar-refractivity contribution in [1.29, 1.82) is 0 Å². The van der Waals surface area contributed by atoms with Crippen LogP contribution in [0.1, 0.15) is 41.4 Å². The van der Waals surface area contributed by atoms with E-state index in [0.29, 0.717) is 12.1 Å². The normalized spacial score (nSPS) is 10.8. The minimum atomic E-state index is -0.276. The van der Waals surface area contributed by atoms with Crippen LogP contribution in [0.5, 0.6) is 0 Å². The molecule has 0 bridgehead atoms. The van der Waals surface area contributed by atoms with Gasteiger partial charge in [0.15, 0.2) is 0 Å². The Morgan fingerprint density at radius 2 is 1.70 bits per heavy atom. The third-order valence-corrected chi connectivity index (χ3v) is 4.74. The van der Waals surface area contributed by atoms with Crippen molar-refractivity contribution in [2.24, 2.45) is 0 Å². The molecular formula is C23H25FN2O. The van der Waals surface area contributed by atoms with Crippen LogP contribution in [0.2, 0.25) is 0 Å². The fourth-order valence-corrected chi connectivity index (χ4v) is 3.17.